The summed E-state index contributed by atoms with van der Waals surface area (Å²) in [6.07, 6.45) is 3.75. The lowest BCUT2D eigenvalue weighted by atomic mass is 9.88. The maximum absolute atomic E-state index is 12.5. The first-order valence-corrected chi connectivity index (χ1v) is 9.82. The molecule has 1 aliphatic heterocycles. The minimum Gasteiger partial charge on any atom is -0.365 e. The maximum Gasteiger partial charge on any atom is 0.262 e. The van der Waals surface area contributed by atoms with E-state index in [-0.39, 0.29) is 11.1 Å². The molecule has 1 amide bonds. The third kappa shape index (κ3) is 4.36. The fourth-order valence-electron chi connectivity index (χ4n) is 3.48. The van der Waals surface area contributed by atoms with Crippen LogP contribution in [0.2, 0.25) is 5.02 Å². The highest BCUT2D eigenvalue weighted by Gasteiger charge is 2.29. The second-order valence-corrected chi connectivity index (χ2v) is 8.18. The van der Waals surface area contributed by atoms with Crippen molar-refractivity contribution >= 4 is 34.8 Å². The van der Waals surface area contributed by atoms with Gasteiger partial charge in [0.2, 0.25) is 0 Å². The number of hydrogen-bond acceptors (Lipinski definition) is 3. The van der Waals surface area contributed by atoms with Crippen LogP contribution in [0.25, 0.3) is 11.6 Å². The van der Waals surface area contributed by atoms with Gasteiger partial charge in [-0.05, 0) is 55.7 Å². The fraction of sp³-hybridized carbons (Fsp3) is 0.250. The summed E-state index contributed by atoms with van der Waals surface area (Å²) in [6.45, 7) is 6.71. The molecule has 0 aliphatic carbocycles. The van der Waals surface area contributed by atoms with Crippen molar-refractivity contribution in [3.63, 3.8) is 0 Å². The molecule has 4 nitrogen and oxygen atoms in total. The highest BCUT2D eigenvalue weighted by Crippen LogP contribution is 2.40. The summed E-state index contributed by atoms with van der Waals surface area (Å²) in [4.78, 5) is 14.7. The van der Waals surface area contributed by atoms with E-state index in [1.165, 1.54) is 0 Å². The van der Waals surface area contributed by atoms with Crippen LogP contribution in [0.5, 0.6) is 0 Å². The zero-order valence-corrected chi connectivity index (χ0v) is 17.8. The van der Waals surface area contributed by atoms with Crippen molar-refractivity contribution in [3.05, 3.63) is 75.8 Å². The van der Waals surface area contributed by atoms with Gasteiger partial charge in [0.15, 0.2) is 0 Å². The van der Waals surface area contributed by atoms with E-state index in [9.17, 15) is 10.1 Å². The lowest BCUT2D eigenvalue weighted by Gasteiger charge is -2.40. The Morgan fingerprint density at radius 2 is 1.97 bits per heavy atom. The molecule has 0 fully saturated rings. The van der Waals surface area contributed by atoms with E-state index < -0.39 is 5.91 Å². The van der Waals surface area contributed by atoms with Crippen molar-refractivity contribution in [1.29, 1.82) is 5.26 Å². The summed E-state index contributed by atoms with van der Waals surface area (Å²) in [5, 5.41) is 12.8. The van der Waals surface area contributed by atoms with Crippen LogP contribution >= 0.6 is 11.6 Å². The van der Waals surface area contributed by atoms with Gasteiger partial charge in [-0.15, -0.1) is 0 Å². The molecule has 0 unspecified atom stereocenters. The van der Waals surface area contributed by atoms with Crippen molar-refractivity contribution in [2.45, 2.75) is 32.9 Å². The molecular weight excluding hydrogens is 382 g/mol. The number of nitriles is 1. The van der Waals surface area contributed by atoms with Crippen molar-refractivity contribution in [1.82, 2.24) is 5.32 Å². The van der Waals surface area contributed by atoms with Crippen LogP contribution in [0.15, 0.2) is 54.1 Å². The Kier molecular flexibility index (Phi) is 5.81. The van der Waals surface area contributed by atoms with Crippen LogP contribution in [0, 0.1) is 11.3 Å². The number of rotatable bonds is 4. The first-order valence-electron chi connectivity index (χ1n) is 9.44. The average Bonchev–Trinajstić information content (AvgIpc) is 2.69. The molecule has 0 aromatic heterocycles. The molecule has 0 spiro atoms. The van der Waals surface area contributed by atoms with Gasteiger partial charge in [-0.2, -0.15) is 5.26 Å². The number of anilines is 1. The van der Waals surface area contributed by atoms with Crippen LogP contribution in [0.4, 0.5) is 5.69 Å². The molecule has 1 heterocycles. The minimum absolute atomic E-state index is 0.0221. The Morgan fingerprint density at radius 1 is 1.28 bits per heavy atom. The van der Waals surface area contributed by atoms with Crippen molar-refractivity contribution in [2.75, 3.05) is 11.9 Å². The number of amides is 1. The van der Waals surface area contributed by atoms with Crippen molar-refractivity contribution < 1.29 is 4.79 Å². The van der Waals surface area contributed by atoms with Crippen molar-refractivity contribution in [2.24, 2.45) is 0 Å². The molecule has 1 N–H and O–H groups in total. The predicted molar refractivity (Wildman–Crippen MR) is 119 cm³/mol. The van der Waals surface area contributed by atoms with E-state index in [2.05, 4.69) is 37.1 Å². The molecule has 0 bridgehead atoms. The van der Waals surface area contributed by atoms with Crippen LogP contribution in [-0.4, -0.2) is 18.5 Å². The van der Waals surface area contributed by atoms with Crippen LogP contribution in [0.1, 0.15) is 37.5 Å². The number of allylic oxidation sites excluding steroid dienone is 1. The fourth-order valence-corrected chi connectivity index (χ4v) is 3.69. The summed E-state index contributed by atoms with van der Waals surface area (Å²) in [7, 11) is 2.03. The lowest BCUT2D eigenvalue weighted by Crippen LogP contribution is -2.42. The van der Waals surface area contributed by atoms with Crippen LogP contribution < -0.4 is 10.2 Å². The average molecular weight is 406 g/mol. The highest BCUT2D eigenvalue weighted by atomic mass is 35.5. The molecule has 148 valence electrons. The van der Waals surface area contributed by atoms with Gasteiger partial charge in [0.05, 0.1) is 5.54 Å². The smallest absolute Gasteiger partial charge is 0.262 e. The molecule has 2 aromatic rings. The first-order chi connectivity index (χ1) is 13.7. The van der Waals surface area contributed by atoms with E-state index in [0.717, 1.165) is 22.4 Å². The number of nitrogens with one attached hydrogen (secondary N) is 1. The predicted octanol–water partition coefficient (Wildman–Crippen LogP) is 5.20. The Morgan fingerprint density at radius 3 is 2.62 bits per heavy atom. The van der Waals surface area contributed by atoms with E-state index >= 15 is 0 Å². The number of carbonyl (C=O) groups is 1. The molecule has 2 aromatic carbocycles. The zero-order chi connectivity index (χ0) is 21.2. The van der Waals surface area contributed by atoms with Gasteiger partial charge in [-0.3, -0.25) is 4.79 Å². The Labute approximate surface area is 177 Å². The minimum atomic E-state index is -0.421. The van der Waals surface area contributed by atoms with E-state index in [4.69, 9.17) is 11.6 Å². The monoisotopic (exact) mass is 405 g/mol. The lowest BCUT2D eigenvalue weighted by molar-refractivity contribution is -0.117. The molecule has 29 heavy (non-hydrogen) atoms. The number of halogens is 1. The molecule has 5 heteroatoms. The van der Waals surface area contributed by atoms with E-state index in [1.54, 1.807) is 6.08 Å². The number of likely N-dealkylation sites (N-methyl/N-ethyl adjacent to an activating group) is 1. The largest absolute Gasteiger partial charge is 0.365 e. The van der Waals surface area contributed by atoms with Gasteiger partial charge in [0.25, 0.3) is 5.91 Å². The topological polar surface area (TPSA) is 56.1 Å². The van der Waals surface area contributed by atoms with E-state index in [1.807, 2.05) is 55.6 Å². The number of hydrogen-bond donors (Lipinski definition) is 1. The number of benzene rings is 2. The van der Waals surface area contributed by atoms with Gasteiger partial charge in [-0.1, -0.05) is 48.0 Å². The maximum atomic E-state index is 12.5. The quantitative estimate of drug-likeness (QED) is 0.562. The molecule has 0 atom stereocenters. The van der Waals surface area contributed by atoms with Gasteiger partial charge < -0.3 is 10.2 Å². The third-order valence-electron chi connectivity index (χ3n) is 5.30. The Bertz CT molecular complexity index is 1050. The molecule has 3 rings (SSSR count). The second-order valence-electron chi connectivity index (χ2n) is 7.77. The summed E-state index contributed by atoms with van der Waals surface area (Å²) in [5.74, 6) is -0.421. The molecule has 0 saturated carbocycles. The summed E-state index contributed by atoms with van der Waals surface area (Å²) >= 11 is 6.51. The van der Waals surface area contributed by atoms with Gasteiger partial charge >= 0.3 is 0 Å². The Hall–Kier alpha value is -3.03. The molecule has 1 aliphatic rings. The van der Waals surface area contributed by atoms with Gasteiger partial charge in [0, 0.05) is 29.9 Å². The molecule has 0 radical (unpaired) electrons. The van der Waals surface area contributed by atoms with E-state index in [0.29, 0.717) is 17.1 Å². The van der Waals surface area contributed by atoms with Crippen LogP contribution in [-0.2, 0) is 11.3 Å². The zero-order valence-electron chi connectivity index (χ0n) is 17.1. The SMILES string of the molecule is CC1=CC(C)(C)N(C)c2cc(Cl)c(/C=C(/C#N)C(=O)NCc3ccccc3)cc21. The van der Waals surface area contributed by atoms with Crippen LogP contribution in [0.3, 0.4) is 0 Å². The first kappa shape index (κ1) is 20.7. The van der Waals surface area contributed by atoms with Gasteiger partial charge in [0.1, 0.15) is 11.6 Å². The normalized spacial score (nSPS) is 15.2. The third-order valence-corrected chi connectivity index (χ3v) is 5.62. The molecular formula is C24H24ClN3O. The molecule has 0 saturated heterocycles. The standard InChI is InChI=1S/C24H24ClN3O/c1-16-13-24(2,3)28(4)22-12-21(25)18(11-20(16)22)10-19(14-26)23(29)27-15-17-8-6-5-7-9-17/h5-13H,15H2,1-4H3,(H,27,29)/b19-10-. The van der Waals surface area contributed by atoms with Crippen molar-refractivity contribution in [3.8, 4) is 6.07 Å². The summed E-state index contributed by atoms with van der Waals surface area (Å²) < 4.78 is 0. The number of carbonyl (C=O) groups excluding carboxylic acids is 1. The summed E-state index contributed by atoms with van der Waals surface area (Å²) in [6, 6.07) is 15.4. The summed E-state index contributed by atoms with van der Waals surface area (Å²) in [5.41, 5.74) is 4.74. The number of fused-ring (bicyclic) bond motifs is 1. The second kappa shape index (κ2) is 8.14. The Balaban J connectivity index is 1.90. The highest BCUT2D eigenvalue weighted by molar-refractivity contribution is 6.32. The van der Waals surface area contributed by atoms with Gasteiger partial charge in [-0.25, -0.2) is 0 Å². The number of nitrogens with zero attached hydrogens (tertiary/aromatic N) is 2.